The molecule has 6 rings (SSSR count). The maximum Gasteiger partial charge on any atom is 0.418 e. The van der Waals surface area contributed by atoms with Crippen LogP contribution in [-0.2, 0) is 22.1 Å². The van der Waals surface area contributed by atoms with Gasteiger partial charge in [-0.1, -0.05) is 12.1 Å². The molecule has 3 aromatic rings. The van der Waals surface area contributed by atoms with E-state index >= 15 is 0 Å². The fourth-order valence-corrected chi connectivity index (χ4v) is 8.16. The van der Waals surface area contributed by atoms with Crippen molar-refractivity contribution in [2.24, 2.45) is 11.8 Å². The Morgan fingerprint density at radius 3 is 2.21 bits per heavy atom. The maximum atomic E-state index is 14.0. The van der Waals surface area contributed by atoms with Gasteiger partial charge in [-0.15, -0.1) is 0 Å². The first-order valence-electron chi connectivity index (χ1n) is 16.7. The Kier molecular flexibility index (Phi) is 10.1. The number of anilines is 1. The zero-order chi connectivity index (χ0) is 34.2. The highest BCUT2D eigenvalue weighted by molar-refractivity contribution is 9.10. The van der Waals surface area contributed by atoms with E-state index in [0.29, 0.717) is 50.9 Å². The molecule has 1 aromatic heterocycles. The van der Waals surface area contributed by atoms with Crippen LogP contribution in [0.15, 0.2) is 45.7 Å². The first kappa shape index (κ1) is 34.3. The maximum absolute atomic E-state index is 14.0. The molecular formula is C34H42BrF3N6O4. The summed E-state index contributed by atoms with van der Waals surface area (Å²) in [5.74, 6) is 0.715. The lowest BCUT2D eigenvalue weighted by Gasteiger charge is -2.40. The number of nitrogens with zero attached hydrogens (tertiary/aromatic N) is 4. The number of likely N-dealkylation sites (tertiary alicyclic amines) is 3. The Balaban J connectivity index is 1.16. The lowest BCUT2D eigenvalue weighted by atomic mass is 9.79. The van der Waals surface area contributed by atoms with Gasteiger partial charge in [-0.05, 0) is 116 Å². The number of nitrogens with two attached hydrogens (primary N) is 1. The molecule has 0 saturated carbocycles. The first-order chi connectivity index (χ1) is 22.9. The number of rotatable bonds is 6. The molecule has 3 N–H and O–H groups in total. The number of aromatic nitrogens is 2. The van der Waals surface area contributed by atoms with Crippen LogP contribution in [0.2, 0.25) is 0 Å². The number of nitrogens with one attached hydrogen (secondary N) is 1. The highest BCUT2D eigenvalue weighted by atomic mass is 79.9. The minimum absolute atomic E-state index is 0.0541. The van der Waals surface area contributed by atoms with Gasteiger partial charge in [0, 0.05) is 43.1 Å². The Bertz CT molecular complexity index is 1690. The number of carbonyl (C=O) groups excluding carboxylic acids is 2. The van der Waals surface area contributed by atoms with E-state index in [1.54, 1.807) is 9.47 Å². The van der Waals surface area contributed by atoms with Gasteiger partial charge in [0.1, 0.15) is 0 Å². The predicted octanol–water partition coefficient (Wildman–Crippen LogP) is 5.66. The van der Waals surface area contributed by atoms with Crippen LogP contribution in [0, 0.1) is 11.8 Å². The van der Waals surface area contributed by atoms with Crippen LogP contribution >= 0.6 is 15.9 Å². The Morgan fingerprint density at radius 1 is 0.958 bits per heavy atom. The van der Waals surface area contributed by atoms with E-state index in [4.69, 9.17) is 10.5 Å². The molecule has 2 amide bonds. The summed E-state index contributed by atoms with van der Waals surface area (Å²) in [7, 11) is 2.13. The summed E-state index contributed by atoms with van der Waals surface area (Å²) in [6, 6.07) is 9.66. The third-order valence-corrected chi connectivity index (χ3v) is 11.1. The number of H-pyrrole nitrogens is 1. The standard InChI is InChI=1S/C34H42BrF3N6O4/c1-41-12-6-22(7-13-41)23-8-14-42(15-9-23)31(45)29(20-21-18-25(34(36,37)38)30(39)26(35)19-21)48-33(47)43-16-10-24(11-17-43)44-28-5-3-2-4-27(28)40-32(44)46/h2-5,18-19,22-24,29H,6-17,20,39H2,1H3,(H,40,46)/t29-/m1/s1. The van der Waals surface area contributed by atoms with E-state index in [0.717, 1.165) is 55.9 Å². The summed E-state index contributed by atoms with van der Waals surface area (Å²) in [5, 5.41) is 0. The second-order valence-corrected chi connectivity index (χ2v) is 14.3. The molecule has 0 aliphatic carbocycles. The van der Waals surface area contributed by atoms with Gasteiger partial charge >= 0.3 is 18.0 Å². The summed E-state index contributed by atoms with van der Waals surface area (Å²) in [5.41, 5.74) is 5.77. The molecule has 0 radical (unpaired) electrons. The predicted molar refractivity (Wildman–Crippen MR) is 179 cm³/mol. The summed E-state index contributed by atoms with van der Waals surface area (Å²) in [4.78, 5) is 48.6. The van der Waals surface area contributed by atoms with Crippen LogP contribution < -0.4 is 11.4 Å². The van der Waals surface area contributed by atoms with Gasteiger partial charge in [-0.2, -0.15) is 13.2 Å². The van der Waals surface area contributed by atoms with Gasteiger partial charge in [-0.3, -0.25) is 9.36 Å². The fourth-order valence-electron chi connectivity index (χ4n) is 7.65. The Morgan fingerprint density at radius 2 is 1.56 bits per heavy atom. The molecule has 3 fully saturated rings. The average molecular weight is 736 g/mol. The molecule has 14 heteroatoms. The summed E-state index contributed by atoms with van der Waals surface area (Å²) in [6.45, 7) is 3.74. The van der Waals surface area contributed by atoms with Crippen LogP contribution in [0.5, 0.6) is 0 Å². The van der Waals surface area contributed by atoms with Crippen molar-refractivity contribution in [2.75, 3.05) is 52.0 Å². The van der Waals surface area contributed by atoms with Crippen molar-refractivity contribution in [1.82, 2.24) is 24.3 Å². The van der Waals surface area contributed by atoms with Crippen molar-refractivity contribution < 1.29 is 27.5 Å². The smallest absolute Gasteiger partial charge is 0.418 e. The Labute approximate surface area is 285 Å². The van der Waals surface area contributed by atoms with Crippen LogP contribution in [0.4, 0.5) is 23.7 Å². The highest BCUT2D eigenvalue weighted by Gasteiger charge is 2.38. The number of alkyl halides is 3. The number of hydrogen-bond donors (Lipinski definition) is 2. The number of imidazole rings is 1. The quantitative estimate of drug-likeness (QED) is 0.316. The van der Waals surface area contributed by atoms with E-state index in [-0.39, 0.29) is 28.2 Å². The molecule has 10 nitrogen and oxygen atoms in total. The topological polar surface area (TPSA) is 117 Å². The second-order valence-electron chi connectivity index (χ2n) is 13.5. The molecule has 3 saturated heterocycles. The van der Waals surface area contributed by atoms with Gasteiger partial charge in [0.15, 0.2) is 6.10 Å². The number of benzene rings is 2. The lowest BCUT2D eigenvalue weighted by Crippen LogP contribution is -2.49. The van der Waals surface area contributed by atoms with Crippen LogP contribution in [0.1, 0.15) is 55.7 Å². The van der Waals surface area contributed by atoms with Crippen molar-refractivity contribution in [3.8, 4) is 0 Å². The monoisotopic (exact) mass is 734 g/mol. The zero-order valence-corrected chi connectivity index (χ0v) is 28.6. The molecule has 260 valence electrons. The van der Waals surface area contributed by atoms with Gasteiger partial charge in [0.05, 0.1) is 22.3 Å². The molecule has 0 spiro atoms. The number of hydrogen-bond acceptors (Lipinski definition) is 6. The molecule has 48 heavy (non-hydrogen) atoms. The normalized spacial score (nSPS) is 19.9. The largest absolute Gasteiger partial charge is 0.436 e. The van der Waals surface area contributed by atoms with Crippen molar-refractivity contribution in [3.63, 3.8) is 0 Å². The zero-order valence-electron chi connectivity index (χ0n) is 27.0. The summed E-state index contributed by atoms with van der Waals surface area (Å²) < 4.78 is 49.1. The molecule has 3 aliphatic heterocycles. The molecule has 0 bridgehead atoms. The molecule has 1 atom stereocenters. The summed E-state index contributed by atoms with van der Waals surface area (Å²) in [6.07, 6.45) is -2.01. The molecule has 0 unspecified atom stereocenters. The molecule has 4 heterocycles. The second kappa shape index (κ2) is 14.1. The minimum Gasteiger partial charge on any atom is -0.436 e. The van der Waals surface area contributed by atoms with E-state index < -0.39 is 35.5 Å². The Hall–Kier alpha value is -3.52. The third kappa shape index (κ3) is 7.39. The molecular weight excluding hydrogens is 693 g/mol. The average Bonchev–Trinajstić information content (AvgIpc) is 3.41. The van der Waals surface area contributed by atoms with Crippen LogP contribution in [-0.4, -0.2) is 88.7 Å². The fraction of sp³-hybridized carbons (Fsp3) is 0.559. The van der Waals surface area contributed by atoms with Crippen molar-refractivity contribution in [2.45, 2.75) is 63.3 Å². The number of carbonyl (C=O) groups is 2. The minimum atomic E-state index is -4.70. The van der Waals surface area contributed by atoms with Gasteiger partial charge in [0.2, 0.25) is 0 Å². The van der Waals surface area contributed by atoms with Crippen molar-refractivity contribution in [1.29, 1.82) is 0 Å². The number of nitrogen functional groups attached to an aromatic ring is 1. The van der Waals surface area contributed by atoms with Crippen molar-refractivity contribution in [3.05, 3.63) is 62.5 Å². The van der Waals surface area contributed by atoms with E-state index in [1.807, 2.05) is 24.3 Å². The number of piperidine rings is 3. The SMILES string of the molecule is CN1CCC(C2CCN(C(=O)[C@@H](Cc3cc(Br)c(N)c(C(F)(F)F)c3)OC(=O)N3CCC(n4c(=O)[nH]c5ccccc54)CC3)CC2)CC1. The number of para-hydroxylation sites is 2. The van der Waals surface area contributed by atoms with E-state index in [9.17, 15) is 27.6 Å². The van der Waals surface area contributed by atoms with Gasteiger partial charge in [0.25, 0.3) is 5.91 Å². The van der Waals surface area contributed by atoms with E-state index in [2.05, 4.69) is 32.9 Å². The number of halogens is 4. The summed E-state index contributed by atoms with van der Waals surface area (Å²) >= 11 is 3.13. The third-order valence-electron chi connectivity index (χ3n) is 10.4. The van der Waals surface area contributed by atoms with Crippen molar-refractivity contribution >= 4 is 44.7 Å². The first-order valence-corrected chi connectivity index (χ1v) is 17.5. The number of amides is 2. The molecule has 3 aliphatic rings. The van der Waals surface area contributed by atoms with Gasteiger partial charge in [-0.25, -0.2) is 9.59 Å². The van der Waals surface area contributed by atoms with Gasteiger partial charge < -0.3 is 30.2 Å². The molecule has 2 aromatic carbocycles. The van der Waals surface area contributed by atoms with Crippen LogP contribution in [0.3, 0.4) is 0 Å². The van der Waals surface area contributed by atoms with E-state index in [1.165, 1.54) is 11.0 Å². The highest BCUT2D eigenvalue weighted by Crippen LogP contribution is 2.39. The number of aromatic amines is 1. The lowest BCUT2D eigenvalue weighted by molar-refractivity contribution is -0.142. The van der Waals surface area contributed by atoms with Crippen LogP contribution in [0.25, 0.3) is 11.0 Å². The number of ether oxygens (including phenoxy) is 1. The number of fused-ring (bicyclic) bond motifs is 1.